The van der Waals surface area contributed by atoms with Gasteiger partial charge in [0, 0.05) is 24.6 Å². The monoisotopic (exact) mass is 461 g/mol. The van der Waals surface area contributed by atoms with Crippen molar-refractivity contribution in [3.63, 3.8) is 0 Å². The van der Waals surface area contributed by atoms with Crippen LogP contribution in [-0.2, 0) is 20.2 Å². The van der Waals surface area contributed by atoms with Crippen molar-refractivity contribution in [2.24, 2.45) is 0 Å². The number of hydrazine groups is 1. The van der Waals surface area contributed by atoms with Crippen LogP contribution in [0.4, 0.5) is 0 Å². The molecule has 1 aliphatic heterocycles. The largest absolute Gasteiger partial charge is 0.486 e. The Labute approximate surface area is 187 Å². The number of fused-ring (bicyclic) bond motifs is 1. The van der Waals surface area contributed by atoms with E-state index in [-0.39, 0.29) is 23.3 Å². The van der Waals surface area contributed by atoms with Gasteiger partial charge in [-0.15, -0.1) is 0 Å². The summed E-state index contributed by atoms with van der Waals surface area (Å²) >= 11 is 0. The van der Waals surface area contributed by atoms with Gasteiger partial charge in [-0.25, -0.2) is 13.1 Å². The van der Waals surface area contributed by atoms with E-state index >= 15 is 0 Å². The van der Waals surface area contributed by atoms with Gasteiger partial charge >= 0.3 is 0 Å². The lowest BCUT2D eigenvalue weighted by molar-refractivity contribution is -0.121. The van der Waals surface area contributed by atoms with E-state index < -0.39 is 21.8 Å². The minimum absolute atomic E-state index is 0.00849. The quantitative estimate of drug-likeness (QED) is 0.565. The molecule has 3 rings (SSSR count). The lowest BCUT2D eigenvalue weighted by Gasteiger charge is -2.19. The van der Waals surface area contributed by atoms with Gasteiger partial charge in [0.25, 0.3) is 5.91 Å². The Kier molecular flexibility index (Phi) is 7.05. The summed E-state index contributed by atoms with van der Waals surface area (Å²) in [5, 5.41) is 0. The maximum Gasteiger partial charge on any atom is 0.269 e. The first kappa shape index (κ1) is 23.6. The number of hydrogen-bond acceptors (Lipinski definition) is 6. The predicted molar refractivity (Wildman–Crippen MR) is 118 cm³/mol. The van der Waals surface area contributed by atoms with Crippen molar-refractivity contribution >= 4 is 21.8 Å². The molecule has 1 heterocycles. The van der Waals surface area contributed by atoms with Gasteiger partial charge in [-0.2, -0.15) is 0 Å². The zero-order valence-corrected chi connectivity index (χ0v) is 19.0. The van der Waals surface area contributed by atoms with Gasteiger partial charge in [-0.1, -0.05) is 32.9 Å². The highest BCUT2D eigenvalue weighted by Gasteiger charge is 2.19. The fourth-order valence-corrected chi connectivity index (χ4v) is 4.00. The lowest BCUT2D eigenvalue weighted by atomic mass is 9.87. The van der Waals surface area contributed by atoms with Crippen molar-refractivity contribution in [3.8, 4) is 11.5 Å². The first-order chi connectivity index (χ1) is 15.1. The number of hydrogen-bond donors (Lipinski definition) is 3. The topological polar surface area (TPSA) is 123 Å². The van der Waals surface area contributed by atoms with E-state index in [1.807, 2.05) is 12.1 Å². The molecule has 9 nitrogen and oxygen atoms in total. The molecule has 172 valence electrons. The van der Waals surface area contributed by atoms with E-state index in [0.29, 0.717) is 30.3 Å². The summed E-state index contributed by atoms with van der Waals surface area (Å²) in [6.07, 6.45) is -0.160. The molecule has 0 aliphatic carbocycles. The van der Waals surface area contributed by atoms with Gasteiger partial charge in [-0.05, 0) is 35.2 Å². The summed E-state index contributed by atoms with van der Waals surface area (Å²) < 4.78 is 38.0. The first-order valence-electron chi connectivity index (χ1n) is 10.2. The van der Waals surface area contributed by atoms with Crippen LogP contribution in [0.5, 0.6) is 11.5 Å². The fraction of sp³-hybridized carbons (Fsp3) is 0.364. The second kappa shape index (κ2) is 9.58. The zero-order valence-electron chi connectivity index (χ0n) is 18.2. The molecule has 32 heavy (non-hydrogen) atoms. The molecular weight excluding hydrogens is 434 g/mol. The number of rotatable bonds is 6. The minimum Gasteiger partial charge on any atom is -0.486 e. The fourth-order valence-electron chi connectivity index (χ4n) is 2.96. The van der Waals surface area contributed by atoms with Gasteiger partial charge in [0.2, 0.25) is 15.9 Å². The number of ether oxygens (including phenoxy) is 2. The van der Waals surface area contributed by atoms with Crippen molar-refractivity contribution in [2.45, 2.75) is 37.5 Å². The highest BCUT2D eigenvalue weighted by atomic mass is 32.2. The SMILES string of the molecule is CC(C)(C)c1ccc(C(=O)NNC(=O)CCNS(=O)(=O)c2ccc3c(c2)OCCO3)cc1. The average Bonchev–Trinajstić information content (AvgIpc) is 2.76. The Morgan fingerprint density at radius 3 is 2.25 bits per heavy atom. The molecule has 0 atom stereocenters. The van der Waals surface area contributed by atoms with Crippen LogP contribution in [0.25, 0.3) is 0 Å². The smallest absolute Gasteiger partial charge is 0.269 e. The Morgan fingerprint density at radius 1 is 0.938 bits per heavy atom. The third-order valence-corrected chi connectivity index (χ3v) is 6.26. The molecule has 0 radical (unpaired) electrons. The van der Waals surface area contributed by atoms with Crippen LogP contribution in [-0.4, -0.2) is 40.0 Å². The van der Waals surface area contributed by atoms with E-state index in [2.05, 4.69) is 36.3 Å². The number of carbonyl (C=O) groups excluding carboxylic acids is 2. The Morgan fingerprint density at radius 2 is 1.59 bits per heavy atom. The first-order valence-corrected chi connectivity index (χ1v) is 11.6. The summed E-state index contributed by atoms with van der Waals surface area (Å²) in [7, 11) is -3.83. The molecule has 1 aliphatic rings. The molecule has 2 aromatic rings. The Bertz CT molecular complexity index is 1090. The van der Waals surface area contributed by atoms with E-state index in [1.165, 1.54) is 18.2 Å². The molecule has 0 saturated carbocycles. The van der Waals surface area contributed by atoms with Crippen molar-refractivity contribution in [1.82, 2.24) is 15.6 Å². The van der Waals surface area contributed by atoms with Gasteiger partial charge in [0.05, 0.1) is 4.90 Å². The van der Waals surface area contributed by atoms with E-state index in [4.69, 9.17) is 9.47 Å². The molecule has 10 heteroatoms. The molecule has 0 spiro atoms. The molecule has 2 amide bonds. The molecule has 0 bridgehead atoms. The van der Waals surface area contributed by atoms with E-state index in [9.17, 15) is 18.0 Å². The maximum atomic E-state index is 12.4. The third-order valence-electron chi connectivity index (χ3n) is 4.80. The van der Waals surface area contributed by atoms with Crippen LogP contribution in [0, 0.1) is 0 Å². The van der Waals surface area contributed by atoms with Crippen molar-refractivity contribution < 1.29 is 27.5 Å². The highest BCUT2D eigenvalue weighted by molar-refractivity contribution is 7.89. The molecule has 3 N–H and O–H groups in total. The second-order valence-electron chi connectivity index (χ2n) is 8.28. The van der Waals surface area contributed by atoms with Gasteiger partial charge in [-0.3, -0.25) is 20.4 Å². The van der Waals surface area contributed by atoms with Gasteiger partial charge in [0.15, 0.2) is 11.5 Å². The summed E-state index contributed by atoms with van der Waals surface area (Å²) in [5.74, 6) is -0.154. The second-order valence-corrected chi connectivity index (χ2v) is 10.0. The van der Waals surface area contributed by atoms with Crippen LogP contribution in [0.1, 0.15) is 43.1 Å². The number of benzene rings is 2. The van der Waals surface area contributed by atoms with Crippen molar-refractivity contribution in [3.05, 3.63) is 53.6 Å². The Hall–Kier alpha value is -3.11. The standard InChI is InChI=1S/C22H27N3O6S/c1-22(2,3)16-6-4-15(5-7-16)21(27)25-24-20(26)10-11-23-32(28,29)17-8-9-18-19(14-17)31-13-12-30-18/h4-9,14,23H,10-13H2,1-3H3,(H,24,26)(H,25,27). The number of amides is 2. The number of sulfonamides is 1. The predicted octanol–water partition coefficient (Wildman–Crippen LogP) is 1.88. The van der Waals surface area contributed by atoms with Gasteiger partial charge < -0.3 is 9.47 Å². The summed E-state index contributed by atoms with van der Waals surface area (Å²) in [4.78, 5) is 24.2. The van der Waals surface area contributed by atoms with Crippen molar-refractivity contribution in [2.75, 3.05) is 19.8 Å². The third kappa shape index (κ3) is 5.98. The molecular formula is C22H27N3O6S. The van der Waals surface area contributed by atoms with Gasteiger partial charge in [0.1, 0.15) is 13.2 Å². The summed E-state index contributed by atoms with van der Waals surface area (Å²) in [5.41, 5.74) is 6.06. The molecule has 0 fully saturated rings. The number of nitrogens with one attached hydrogen (secondary N) is 3. The lowest BCUT2D eigenvalue weighted by Crippen LogP contribution is -2.42. The van der Waals surface area contributed by atoms with E-state index in [0.717, 1.165) is 5.56 Å². The normalized spacial score (nSPS) is 13.3. The molecule has 0 saturated heterocycles. The summed E-state index contributed by atoms with van der Waals surface area (Å²) in [6, 6.07) is 11.4. The highest BCUT2D eigenvalue weighted by Crippen LogP contribution is 2.32. The van der Waals surface area contributed by atoms with Crippen LogP contribution in [0.2, 0.25) is 0 Å². The summed E-state index contributed by atoms with van der Waals surface area (Å²) in [6.45, 7) is 6.83. The Balaban J connectivity index is 1.46. The maximum absolute atomic E-state index is 12.4. The molecule has 0 aromatic heterocycles. The van der Waals surface area contributed by atoms with Crippen LogP contribution in [0.3, 0.4) is 0 Å². The van der Waals surface area contributed by atoms with Crippen molar-refractivity contribution in [1.29, 1.82) is 0 Å². The van der Waals surface area contributed by atoms with E-state index in [1.54, 1.807) is 12.1 Å². The van der Waals surface area contributed by atoms with Crippen LogP contribution >= 0.6 is 0 Å². The van der Waals surface area contributed by atoms with Crippen LogP contribution < -0.4 is 25.0 Å². The van der Waals surface area contributed by atoms with Crippen LogP contribution in [0.15, 0.2) is 47.4 Å². The minimum atomic E-state index is -3.83. The average molecular weight is 462 g/mol. The molecule has 0 unspecified atom stereocenters. The zero-order chi connectivity index (χ0) is 23.4. The number of carbonyl (C=O) groups is 2. The molecule has 2 aromatic carbocycles.